The maximum atomic E-state index is 11.7. The molecule has 2 aromatic heterocycles. The molecular formula is C13H18N4O. The Kier molecular flexibility index (Phi) is 3.62. The number of carbonyl (C=O) groups is 1. The summed E-state index contributed by atoms with van der Waals surface area (Å²) in [6.07, 6.45) is 3.69. The number of H-pyrrole nitrogens is 1. The molecule has 2 rings (SSSR count). The van der Waals surface area contributed by atoms with E-state index in [9.17, 15) is 4.79 Å². The van der Waals surface area contributed by atoms with Gasteiger partial charge in [-0.2, -0.15) is 0 Å². The highest BCUT2D eigenvalue weighted by Crippen LogP contribution is 2.15. The van der Waals surface area contributed by atoms with Gasteiger partial charge >= 0.3 is 0 Å². The van der Waals surface area contributed by atoms with Crippen LogP contribution in [-0.4, -0.2) is 40.9 Å². The number of aromatic nitrogens is 2. The Hall–Kier alpha value is -1.88. The van der Waals surface area contributed by atoms with Gasteiger partial charge in [0.15, 0.2) is 0 Å². The molecule has 96 valence electrons. The summed E-state index contributed by atoms with van der Waals surface area (Å²) in [6.45, 7) is 2.52. The van der Waals surface area contributed by atoms with Crippen molar-refractivity contribution in [1.82, 2.24) is 20.2 Å². The molecule has 0 bridgehead atoms. The summed E-state index contributed by atoms with van der Waals surface area (Å²) >= 11 is 0. The highest BCUT2D eigenvalue weighted by molar-refractivity contribution is 5.81. The molecule has 0 aromatic carbocycles. The topological polar surface area (TPSA) is 61.0 Å². The van der Waals surface area contributed by atoms with E-state index in [-0.39, 0.29) is 11.9 Å². The van der Waals surface area contributed by atoms with Crippen LogP contribution in [0.3, 0.4) is 0 Å². The van der Waals surface area contributed by atoms with Gasteiger partial charge in [-0.25, -0.2) is 4.98 Å². The summed E-state index contributed by atoms with van der Waals surface area (Å²) in [4.78, 5) is 20.7. The van der Waals surface area contributed by atoms with E-state index in [2.05, 4.69) is 15.3 Å². The number of amides is 1. The molecule has 5 heteroatoms. The van der Waals surface area contributed by atoms with Crippen molar-refractivity contribution in [2.75, 3.05) is 14.1 Å². The zero-order chi connectivity index (χ0) is 13.1. The van der Waals surface area contributed by atoms with Gasteiger partial charge in [-0.05, 0) is 24.6 Å². The second-order valence-corrected chi connectivity index (χ2v) is 4.55. The molecule has 0 aliphatic heterocycles. The first-order chi connectivity index (χ1) is 8.59. The maximum Gasteiger partial charge on any atom is 0.238 e. The molecule has 0 fully saturated rings. The molecule has 0 spiro atoms. The molecule has 2 N–H and O–H groups in total. The van der Waals surface area contributed by atoms with Crippen LogP contribution in [0, 0.1) is 0 Å². The second kappa shape index (κ2) is 5.18. The Morgan fingerprint density at radius 3 is 3.06 bits per heavy atom. The van der Waals surface area contributed by atoms with Gasteiger partial charge in [0.2, 0.25) is 5.91 Å². The van der Waals surface area contributed by atoms with Crippen LogP contribution in [0.5, 0.6) is 0 Å². The smallest absolute Gasteiger partial charge is 0.238 e. The lowest BCUT2D eigenvalue weighted by atomic mass is 10.2. The summed E-state index contributed by atoms with van der Waals surface area (Å²) in [7, 11) is 3.52. The van der Waals surface area contributed by atoms with Gasteiger partial charge in [-0.3, -0.25) is 4.79 Å². The molecule has 1 unspecified atom stereocenters. The van der Waals surface area contributed by atoms with Gasteiger partial charge in [0.05, 0.1) is 6.04 Å². The fourth-order valence-electron chi connectivity index (χ4n) is 1.90. The third-order valence-electron chi connectivity index (χ3n) is 2.95. The summed E-state index contributed by atoms with van der Waals surface area (Å²) in [6, 6.07) is 3.74. The summed E-state index contributed by atoms with van der Waals surface area (Å²) in [5.74, 6) is 0.0768. The van der Waals surface area contributed by atoms with Crippen molar-refractivity contribution in [2.24, 2.45) is 0 Å². The monoisotopic (exact) mass is 246 g/mol. The van der Waals surface area contributed by atoms with Crippen molar-refractivity contribution in [1.29, 1.82) is 0 Å². The van der Waals surface area contributed by atoms with Crippen LogP contribution in [0.1, 0.15) is 12.5 Å². The summed E-state index contributed by atoms with van der Waals surface area (Å²) in [5.41, 5.74) is 2.00. The first-order valence-corrected chi connectivity index (χ1v) is 5.95. The van der Waals surface area contributed by atoms with Crippen LogP contribution < -0.4 is 5.32 Å². The molecule has 0 aliphatic rings. The Morgan fingerprint density at radius 2 is 2.33 bits per heavy atom. The summed E-state index contributed by atoms with van der Waals surface area (Å²) in [5, 5.41) is 4.31. The molecule has 5 nitrogen and oxygen atoms in total. The Bertz CT molecular complexity index is 547. The van der Waals surface area contributed by atoms with Crippen LogP contribution in [-0.2, 0) is 11.3 Å². The highest BCUT2D eigenvalue weighted by Gasteiger charge is 2.14. The average molecular weight is 246 g/mol. The average Bonchev–Trinajstić information content (AvgIpc) is 2.78. The van der Waals surface area contributed by atoms with E-state index in [1.165, 1.54) is 0 Å². The molecule has 0 saturated heterocycles. The van der Waals surface area contributed by atoms with Crippen molar-refractivity contribution in [3.8, 4) is 0 Å². The van der Waals surface area contributed by atoms with E-state index in [1.54, 1.807) is 25.2 Å². The van der Waals surface area contributed by atoms with Crippen LogP contribution in [0.2, 0.25) is 0 Å². The molecule has 1 amide bonds. The first kappa shape index (κ1) is 12.6. The number of nitrogens with zero attached hydrogens (tertiary/aromatic N) is 2. The van der Waals surface area contributed by atoms with Gasteiger partial charge in [-0.1, -0.05) is 0 Å². The molecule has 1 atom stereocenters. The summed E-state index contributed by atoms with van der Waals surface area (Å²) < 4.78 is 0. The lowest BCUT2D eigenvalue weighted by molar-refractivity contribution is -0.130. The first-order valence-electron chi connectivity index (χ1n) is 5.95. The van der Waals surface area contributed by atoms with Crippen molar-refractivity contribution >= 4 is 16.9 Å². The number of likely N-dealkylation sites (N-methyl/N-ethyl adjacent to an activating group) is 1. The van der Waals surface area contributed by atoms with E-state index >= 15 is 0 Å². The zero-order valence-electron chi connectivity index (χ0n) is 10.9. The molecule has 2 aromatic rings. The van der Waals surface area contributed by atoms with Crippen molar-refractivity contribution < 1.29 is 4.79 Å². The largest absolute Gasteiger partial charge is 0.347 e. The van der Waals surface area contributed by atoms with Gasteiger partial charge < -0.3 is 15.2 Å². The maximum absolute atomic E-state index is 11.7. The predicted molar refractivity (Wildman–Crippen MR) is 71.1 cm³/mol. The number of pyridine rings is 1. The van der Waals surface area contributed by atoms with Crippen molar-refractivity contribution in [3.05, 3.63) is 30.1 Å². The normalized spacial score (nSPS) is 12.6. The number of hydrogen-bond donors (Lipinski definition) is 2. The van der Waals surface area contributed by atoms with E-state index in [4.69, 9.17) is 0 Å². The van der Waals surface area contributed by atoms with E-state index in [0.29, 0.717) is 6.54 Å². The minimum atomic E-state index is -0.193. The Balaban J connectivity index is 2.04. The third-order valence-corrected chi connectivity index (χ3v) is 2.95. The van der Waals surface area contributed by atoms with Crippen LogP contribution in [0.25, 0.3) is 11.0 Å². The lowest BCUT2D eigenvalue weighted by Gasteiger charge is -2.17. The van der Waals surface area contributed by atoms with Gasteiger partial charge in [0.1, 0.15) is 5.65 Å². The quantitative estimate of drug-likeness (QED) is 0.850. The number of fused-ring (bicyclic) bond motifs is 1. The third kappa shape index (κ3) is 2.51. The fourth-order valence-corrected chi connectivity index (χ4v) is 1.90. The Labute approximate surface area is 106 Å². The Morgan fingerprint density at radius 1 is 1.56 bits per heavy atom. The van der Waals surface area contributed by atoms with Gasteiger partial charge in [0, 0.05) is 38.4 Å². The lowest BCUT2D eigenvalue weighted by Crippen LogP contribution is -2.41. The van der Waals surface area contributed by atoms with Crippen LogP contribution in [0.15, 0.2) is 24.5 Å². The number of nitrogens with one attached hydrogen (secondary N) is 2. The molecule has 0 radical (unpaired) electrons. The van der Waals surface area contributed by atoms with E-state index in [1.807, 2.05) is 25.3 Å². The van der Waals surface area contributed by atoms with Gasteiger partial charge in [-0.15, -0.1) is 0 Å². The van der Waals surface area contributed by atoms with Crippen LogP contribution >= 0.6 is 0 Å². The number of aromatic amines is 1. The molecule has 0 saturated carbocycles. The van der Waals surface area contributed by atoms with Crippen LogP contribution in [0.4, 0.5) is 0 Å². The molecule has 18 heavy (non-hydrogen) atoms. The number of hydrogen-bond acceptors (Lipinski definition) is 3. The fraction of sp³-hybridized carbons (Fsp3) is 0.385. The SMILES string of the molecule is CC(NCc1c[nH]c2ncccc12)C(=O)N(C)C. The van der Waals surface area contributed by atoms with Crippen molar-refractivity contribution in [3.63, 3.8) is 0 Å². The standard InChI is InChI=1S/C13H18N4O/c1-9(13(18)17(2)3)15-7-10-8-16-12-11(10)5-4-6-14-12/h4-6,8-9,15H,7H2,1-3H3,(H,14,16). The number of carbonyl (C=O) groups excluding carboxylic acids is 1. The minimum Gasteiger partial charge on any atom is -0.347 e. The molecular weight excluding hydrogens is 228 g/mol. The van der Waals surface area contributed by atoms with E-state index < -0.39 is 0 Å². The van der Waals surface area contributed by atoms with E-state index in [0.717, 1.165) is 16.6 Å². The van der Waals surface area contributed by atoms with Crippen molar-refractivity contribution in [2.45, 2.75) is 19.5 Å². The molecule has 0 aliphatic carbocycles. The predicted octanol–water partition coefficient (Wildman–Crippen LogP) is 1.13. The minimum absolute atomic E-state index is 0.0768. The second-order valence-electron chi connectivity index (χ2n) is 4.55. The zero-order valence-corrected chi connectivity index (χ0v) is 10.9. The number of rotatable bonds is 4. The van der Waals surface area contributed by atoms with Gasteiger partial charge in [0.25, 0.3) is 0 Å². The molecule has 2 heterocycles. The highest BCUT2D eigenvalue weighted by atomic mass is 16.2.